The first-order valence-corrected chi connectivity index (χ1v) is 10.8. The fourth-order valence-corrected chi connectivity index (χ4v) is 4.69. The van der Waals surface area contributed by atoms with E-state index in [1.807, 2.05) is 19.9 Å². The smallest absolute Gasteiger partial charge is 0.277 e. The maximum Gasteiger partial charge on any atom is 0.277 e. The van der Waals surface area contributed by atoms with Crippen molar-refractivity contribution in [2.24, 2.45) is 0 Å². The van der Waals surface area contributed by atoms with Crippen LogP contribution < -0.4 is 15.8 Å². The first-order chi connectivity index (χ1) is 14.4. The number of anilines is 2. The molecule has 8 nitrogen and oxygen atoms in total. The Labute approximate surface area is 180 Å². The van der Waals surface area contributed by atoms with Gasteiger partial charge in [-0.05, 0) is 49.7 Å². The molecule has 1 aromatic carbocycles. The lowest BCUT2D eigenvalue weighted by Crippen LogP contribution is -2.13. The number of nitrogen functional groups attached to an aromatic ring is 1. The van der Waals surface area contributed by atoms with Crippen molar-refractivity contribution in [3.05, 3.63) is 41.6 Å². The molecular weight excluding hydrogens is 422 g/mol. The monoisotopic (exact) mass is 441 g/mol. The van der Waals surface area contributed by atoms with E-state index in [1.165, 1.54) is 11.3 Å². The number of thioether (sulfide) groups is 1. The third-order valence-corrected chi connectivity index (χ3v) is 6.23. The third-order valence-electron chi connectivity index (χ3n) is 4.33. The van der Waals surface area contributed by atoms with Gasteiger partial charge in [0.05, 0.1) is 18.6 Å². The van der Waals surface area contributed by atoms with Crippen molar-refractivity contribution in [2.75, 3.05) is 23.9 Å². The lowest BCUT2D eigenvalue weighted by atomic mass is 10.1. The molecule has 1 amide bonds. The summed E-state index contributed by atoms with van der Waals surface area (Å²) >= 11 is 2.58. The highest BCUT2D eigenvalue weighted by atomic mass is 32.2. The van der Waals surface area contributed by atoms with Gasteiger partial charge in [-0.15, -0.1) is 21.5 Å². The average molecular weight is 442 g/mol. The summed E-state index contributed by atoms with van der Waals surface area (Å²) in [4.78, 5) is 18.2. The van der Waals surface area contributed by atoms with Crippen LogP contribution in [0.15, 0.2) is 40.0 Å². The van der Waals surface area contributed by atoms with Gasteiger partial charge >= 0.3 is 0 Å². The molecule has 10 heteroatoms. The number of ether oxygens (including phenoxy) is 1. The van der Waals surface area contributed by atoms with Crippen LogP contribution in [0.4, 0.5) is 11.4 Å². The summed E-state index contributed by atoms with van der Waals surface area (Å²) in [5.41, 5.74) is 9.57. The summed E-state index contributed by atoms with van der Waals surface area (Å²) in [7, 11) is 1.59. The molecule has 0 radical (unpaired) electrons. The molecule has 0 atom stereocenters. The first kappa shape index (κ1) is 20.2. The average Bonchev–Trinajstić information content (AvgIpc) is 3.31. The Bertz CT molecular complexity index is 1220. The molecule has 0 spiro atoms. The van der Waals surface area contributed by atoms with E-state index < -0.39 is 0 Å². The van der Waals surface area contributed by atoms with E-state index in [4.69, 9.17) is 14.9 Å². The number of hydrogen-bond acceptors (Lipinski definition) is 9. The highest BCUT2D eigenvalue weighted by Gasteiger charge is 2.20. The van der Waals surface area contributed by atoms with E-state index in [0.717, 1.165) is 39.0 Å². The predicted molar refractivity (Wildman–Crippen MR) is 119 cm³/mol. The molecule has 4 rings (SSSR count). The van der Waals surface area contributed by atoms with Crippen molar-refractivity contribution in [1.29, 1.82) is 0 Å². The number of aryl methyl sites for hydroxylation is 2. The normalized spacial score (nSPS) is 11.0. The number of nitrogens with two attached hydrogens (primary N) is 1. The minimum atomic E-state index is -0.179. The molecule has 0 aliphatic carbocycles. The van der Waals surface area contributed by atoms with E-state index in [-0.39, 0.29) is 11.7 Å². The van der Waals surface area contributed by atoms with Crippen LogP contribution >= 0.6 is 23.1 Å². The van der Waals surface area contributed by atoms with E-state index in [1.54, 1.807) is 31.4 Å². The van der Waals surface area contributed by atoms with Crippen LogP contribution in [0.25, 0.3) is 21.0 Å². The Morgan fingerprint density at radius 2 is 2.03 bits per heavy atom. The van der Waals surface area contributed by atoms with Crippen LogP contribution in [0.3, 0.4) is 0 Å². The van der Waals surface area contributed by atoms with Gasteiger partial charge in [0.15, 0.2) is 0 Å². The largest absolute Gasteiger partial charge is 0.497 e. The van der Waals surface area contributed by atoms with E-state index >= 15 is 0 Å². The zero-order chi connectivity index (χ0) is 21.3. The number of rotatable bonds is 6. The lowest BCUT2D eigenvalue weighted by molar-refractivity contribution is -0.113. The van der Waals surface area contributed by atoms with E-state index in [2.05, 4.69) is 20.5 Å². The lowest BCUT2D eigenvalue weighted by Gasteiger charge is -2.05. The number of benzene rings is 1. The molecule has 0 unspecified atom stereocenters. The number of fused-ring (bicyclic) bond motifs is 1. The minimum Gasteiger partial charge on any atom is -0.497 e. The number of pyridine rings is 1. The highest BCUT2D eigenvalue weighted by Crippen LogP contribution is 2.41. The molecular formula is C20H19N5O3S2. The van der Waals surface area contributed by atoms with Crippen molar-refractivity contribution in [3.63, 3.8) is 0 Å². The molecule has 3 aromatic heterocycles. The van der Waals surface area contributed by atoms with Crippen molar-refractivity contribution in [2.45, 2.75) is 19.1 Å². The quantitative estimate of drug-likeness (QED) is 0.426. The Morgan fingerprint density at radius 3 is 2.77 bits per heavy atom. The number of hydrogen-bond donors (Lipinski definition) is 2. The van der Waals surface area contributed by atoms with Crippen LogP contribution in [0.2, 0.25) is 0 Å². The molecule has 0 aliphatic rings. The topological polar surface area (TPSA) is 116 Å². The van der Waals surface area contributed by atoms with Crippen LogP contribution in [0, 0.1) is 13.8 Å². The number of amides is 1. The van der Waals surface area contributed by atoms with Crippen LogP contribution in [-0.2, 0) is 4.79 Å². The van der Waals surface area contributed by atoms with Crippen LogP contribution in [0.5, 0.6) is 5.75 Å². The van der Waals surface area contributed by atoms with Crippen LogP contribution in [-0.4, -0.2) is 34.0 Å². The summed E-state index contributed by atoms with van der Waals surface area (Å²) < 4.78 is 10.8. The summed E-state index contributed by atoms with van der Waals surface area (Å²) in [6.45, 7) is 3.95. The Hall–Kier alpha value is -3.11. The van der Waals surface area contributed by atoms with E-state index in [0.29, 0.717) is 27.4 Å². The second kappa shape index (κ2) is 8.33. The number of nitrogens with zero attached hydrogens (tertiary/aromatic N) is 3. The van der Waals surface area contributed by atoms with Gasteiger partial charge in [0.2, 0.25) is 5.91 Å². The van der Waals surface area contributed by atoms with Gasteiger partial charge < -0.3 is 20.2 Å². The molecule has 4 aromatic rings. The maximum absolute atomic E-state index is 12.2. The summed E-state index contributed by atoms with van der Waals surface area (Å²) in [6, 6.07) is 9.09. The second-order valence-corrected chi connectivity index (χ2v) is 8.47. The number of methoxy groups -OCH3 is 1. The highest BCUT2D eigenvalue weighted by molar-refractivity contribution is 7.99. The molecule has 3 heterocycles. The Morgan fingerprint density at radius 1 is 1.27 bits per heavy atom. The molecule has 0 fully saturated rings. The van der Waals surface area contributed by atoms with Crippen molar-refractivity contribution in [1.82, 2.24) is 15.2 Å². The molecule has 30 heavy (non-hydrogen) atoms. The number of aromatic nitrogens is 3. The zero-order valence-corrected chi connectivity index (χ0v) is 18.2. The standard InChI is InChI=1S/C20H19N5O3S2/c1-10-8-11(2)22-19-15(10)16(21)17(30-19)18-24-25-20(28-18)29-9-14(26)23-12-4-6-13(27-3)7-5-12/h4-8H,9,21H2,1-3H3,(H,23,26). The molecule has 3 N–H and O–H groups in total. The molecule has 0 bridgehead atoms. The Balaban J connectivity index is 1.44. The summed E-state index contributed by atoms with van der Waals surface area (Å²) in [5.74, 6) is 1.00. The van der Waals surface area contributed by atoms with Crippen LogP contribution in [0.1, 0.15) is 11.3 Å². The van der Waals surface area contributed by atoms with Gasteiger partial charge in [0.25, 0.3) is 11.1 Å². The second-order valence-electron chi connectivity index (χ2n) is 6.54. The Kier molecular flexibility index (Phi) is 5.60. The summed E-state index contributed by atoms with van der Waals surface area (Å²) in [5, 5.41) is 12.1. The number of nitrogens with one attached hydrogen (secondary N) is 1. The van der Waals surface area contributed by atoms with Crippen molar-refractivity contribution < 1.29 is 13.9 Å². The number of thiophene rings is 1. The summed E-state index contributed by atoms with van der Waals surface area (Å²) in [6.07, 6.45) is 0. The van der Waals surface area contributed by atoms with Gasteiger partial charge in [-0.3, -0.25) is 4.79 Å². The number of carbonyl (C=O) groups excluding carboxylic acids is 1. The van der Waals surface area contributed by atoms with Gasteiger partial charge in [0, 0.05) is 16.8 Å². The first-order valence-electron chi connectivity index (χ1n) is 9.01. The van der Waals surface area contributed by atoms with Crippen molar-refractivity contribution in [3.8, 4) is 16.5 Å². The molecule has 0 aliphatic heterocycles. The van der Waals surface area contributed by atoms with E-state index in [9.17, 15) is 4.79 Å². The zero-order valence-electron chi connectivity index (χ0n) is 16.6. The van der Waals surface area contributed by atoms with Crippen molar-refractivity contribution >= 4 is 50.6 Å². The van der Waals surface area contributed by atoms with Gasteiger partial charge in [-0.2, -0.15) is 0 Å². The molecule has 0 saturated carbocycles. The fourth-order valence-electron chi connectivity index (χ4n) is 2.99. The molecule has 0 saturated heterocycles. The number of carbonyl (C=O) groups is 1. The van der Waals surface area contributed by atoms with Gasteiger partial charge in [0.1, 0.15) is 15.5 Å². The SMILES string of the molecule is COc1ccc(NC(=O)CSc2nnc(-c3sc4nc(C)cc(C)c4c3N)o2)cc1. The minimum absolute atomic E-state index is 0.134. The molecule has 154 valence electrons. The van der Waals surface area contributed by atoms with Gasteiger partial charge in [-0.25, -0.2) is 4.98 Å². The third kappa shape index (κ3) is 4.10. The van der Waals surface area contributed by atoms with Gasteiger partial charge in [-0.1, -0.05) is 11.8 Å². The predicted octanol–water partition coefficient (Wildman–Crippen LogP) is 4.28. The maximum atomic E-state index is 12.2. The fraction of sp³-hybridized carbons (Fsp3) is 0.200.